The fourth-order valence-corrected chi connectivity index (χ4v) is 3.16. The van der Waals surface area contributed by atoms with E-state index in [1.54, 1.807) is 6.20 Å². The number of rotatable bonds is 2. The summed E-state index contributed by atoms with van der Waals surface area (Å²) in [4.78, 5) is 3.70. The normalized spacial score (nSPS) is 22.6. The van der Waals surface area contributed by atoms with Crippen LogP contribution >= 0.6 is 0 Å². The van der Waals surface area contributed by atoms with Crippen LogP contribution in [0.1, 0.15) is 24.0 Å². The zero-order valence-corrected chi connectivity index (χ0v) is 9.93. The van der Waals surface area contributed by atoms with Crippen LogP contribution in [0.25, 0.3) is 0 Å². The van der Waals surface area contributed by atoms with Gasteiger partial charge in [0.15, 0.2) is 0 Å². The summed E-state index contributed by atoms with van der Waals surface area (Å²) in [6, 6.07) is 1.23. The molecule has 2 heterocycles. The molecule has 98 valence electrons. The molecule has 0 unspecified atom stereocenters. The summed E-state index contributed by atoms with van der Waals surface area (Å²) < 4.78 is 37.6. The van der Waals surface area contributed by atoms with Crippen molar-refractivity contribution in [2.24, 2.45) is 11.3 Å². The molecule has 3 rings (SSSR count). The number of pyridine rings is 1. The van der Waals surface area contributed by atoms with Crippen molar-refractivity contribution in [3.8, 4) is 0 Å². The number of aromatic nitrogens is 1. The summed E-state index contributed by atoms with van der Waals surface area (Å²) in [5.41, 5.74) is 0.538. The molecule has 1 N–H and O–H groups in total. The van der Waals surface area contributed by atoms with Crippen molar-refractivity contribution >= 4 is 0 Å². The molecule has 2 fully saturated rings. The monoisotopic (exact) mass is 256 g/mol. The van der Waals surface area contributed by atoms with Crippen molar-refractivity contribution in [3.63, 3.8) is 0 Å². The van der Waals surface area contributed by atoms with E-state index >= 15 is 0 Å². The van der Waals surface area contributed by atoms with Gasteiger partial charge < -0.3 is 5.32 Å². The van der Waals surface area contributed by atoms with E-state index in [0.717, 1.165) is 38.5 Å². The minimum atomic E-state index is -4.29. The Morgan fingerprint density at radius 1 is 1.28 bits per heavy atom. The van der Waals surface area contributed by atoms with E-state index in [0.29, 0.717) is 16.9 Å². The third kappa shape index (κ3) is 2.11. The van der Waals surface area contributed by atoms with E-state index < -0.39 is 11.7 Å². The lowest BCUT2D eigenvalue weighted by molar-refractivity contribution is -0.137. The molecule has 1 aromatic rings. The van der Waals surface area contributed by atoms with Crippen LogP contribution in [-0.4, -0.2) is 18.1 Å². The van der Waals surface area contributed by atoms with Crippen molar-refractivity contribution in [3.05, 3.63) is 29.6 Å². The fourth-order valence-electron chi connectivity index (χ4n) is 3.16. The molecule has 1 saturated heterocycles. The third-order valence-electron chi connectivity index (χ3n) is 4.09. The summed E-state index contributed by atoms with van der Waals surface area (Å²) in [5.74, 6) is 0.525. The molecule has 1 saturated carbocycles. The van der Waals surface area contributed by atoms with E-state index in [9.17, 15) is 13.2 Å². The minimum absolute atomic E-state index is 0.472. The van der Waals surface area contributed by atoms with Gasteiger partial charge in [-0.15, -0.1) is 0 Å². The van der Waals surface area contributed by atoms with Crippen LogP contribution in [-0.2, 0) is 12.6 Å². The number of alkyl halides is 3. The average molecular weight is 256 g/mol. The van der Waals surface area contributed by atoms with Crippen molar-refractivity contribution in [2.45, 2.75) is 25.4 Å². The molecule has 1 spiro atoms. The van der Waals surface area contributed by atoms with E-state index in [4.69, 9.17) is 0 Å². The lowest BCUT2D eigenvalue weighted by Crippen LogP contribution is -2.60. The molecule has 5 heteroatoms. The molecule has 0 radical (unpaired) electrons. The summed E-state index contributed by atoms with van der Waals surface area (Å²) >= 11 is 0. The van der Waals surface area contributed by atoms with E-state index in [2.05, 4.69) is 10.3 Å². The number of nitrogens with one attached hydrogen (secondary N) is 1. The van der Waals surface area contributed by atoms with Gasteiger partial charge in [0.05, 0.1) is 5.56 Å². The maximum Gasteiger partial charge on any atom is 0.417 e. The molecular formula is C13H15F3N2. The van der Waals surface area contributed by atoms with Crippen molar-refractivity contribution in [1.82, 2.24) is 10.3 Å². The quantitative estimate of drug-likeness (QED) is 0.880. The third-order valence-corrected chi connectivity index (χ3v) is 4.09. The molecule has 0 aromatic carbocycles. The molecule has 18 heavy (non-hydrogen) atoms. The predicted octanol–water partition coefficient (Wildman–Crippen LogP) is 2.64. The Balaban J connectivity index is 1.63. The van der Waals surface area contributed by atoms with E-state index in [1.165, 1.54) is 6.07 Å². The molecule has 0 bridgehead atoms. The summed E-state index contributed by atoms with van der Waals surface area (Å²) in [5, 5.41) is 3.26. The van der Waals surface area contributed by atoms with Gasteiger partial charge in [-0.2, -0.15) is 13.2 Å². The van der Waals surface area contributed by atoms with Crippen LogP contribution in [0, 0.1) is 11.3 Å². The first-order valence-electron chi connectivity index (χ1n) is 6.19. The highest BCUT2D eigenvalue weighted by molar-refractivity contribution is 5.22. The van der Waals surface area contributed by atoms with Crippen molar-refractivity contribution in [1.29, 1.82) is 0 Å². The average Bonchev–Trinajstić information content (AvgIpc) is 2.19. The van der Waals surface area contributed by atoms with Gasteiger partial charge in [-0.3, -0.25) is 4.98 Å². The fraction of sp³-hybridized carbons (Fsp3) is 0.615. The molecule has 2 nitrogen and oxygen atoms in total. The van der Waals surface area contributed by atoms with Crippen molar-refractivity contribution in [2.75, 3.05) is 13.1 Å². The van der Waals surface area contributed by atoms with Gasteiger partial charge in [-0.1, -0.05) is 0 Å². The molecule has 2 aliphatic rings. The van der Waals surface area contributed by atoms with Gasteiger partial charge in [0.1, 0.15) is 0 Å². The smallest absolute Gasteiger partial charge is 0.316 e. The molecule has 1 aromatic heterocycles. The number of nitrogens with zero attached hydrogens (tertiary/aromatic N) is 1. The van der Waals surface area contributed by atoms with Gasteiger partial charge in [-0.25, -0.2) is 0 Å². The van der Waals surface area contributed by atoms with Gasteiger partial charge in [0.2, 0.25) is 0 Å². The Morgan fingerprint density at radius 3 is 2.56 bits per heavy atom. The molecule has 1 aliphatic carbocycles. The molecule has 1 aliphatic heterocycles. The maximum atomic E-state index is 12.5. The van der Waals surface area contributed by atoms with Crippen LogP contribution in [0.2, 0.25) is 0 Å². The predicted molar refractivity (Wildman–Crippen MR) is 61.0 cm³/mol. The van der Waals surface area contributed by atoms with Crippen LogP contribution in [0.15, 0.2) is 18.5 Å². The first-order chi connectivity index (χ1) is 8.47. The summed E-state index contributed by atoms with van der Waals surface area (Å²) in [6.07, 6.45) is 1.15. The topological polar surface area (TPSA) is 24.9 Å². The van der Waals surface area contributed by atoms with E-state index in [1.807, 2.05) is 0 Å². The standard InChI is InChI=1S/C13H15F3N2/c14-13(15,16)11-2-9(5-17-6-11)1-10-3-12(4-10)7-18-8-12/h2,5-6,10,18H,1,3-4,7-8H2. The van der Waals surface area contributed by atoms with Crippen LogP contribution in [0.4, 0.5) is 13.2 Å². The lowest BCUT2D eigenvalue weighted by atomic mass is 9.57. The second kappa shape index (κ2) is 3.95. The second-order valence-corrected chi connectivity index (χ2v) is 5.66. The highest BCUT2D eigenvalue weighted by Crippen LogP contribution is 2.49. The number of hydrogen-bond acceptors (Lipinski definition) is 2. The highest BCUT2D eigenvalue weighted by Gasteiger charge is 2.47. The Morgan fingerprint density at radius 2 is 2.00 bits per heavy atom. The van der Waals surface area contributed by atoms with Crippen LogP contribution in [0.5, 0.6) is 0 Å². The van der Waals surface area contributed by atoms with Gasteiger partial charge in [-0.05, 0) is 42.2 Å². The lowest BCUT2D eigenvalue weighted by Gasteiger charge is -2.54. The van der Waals surface area contributed by atoms with Gasteiger partial charge >= 0.3 is 6.18 Å². The Hall–Kier alpha value is -1.10. The van der Waals surface area contributed by atoms with Gasteiger partial charge in [0, 0.05) is 25.5 Å². The van der Waals surface area contributed by atoms with Crippen LogP contribution in [0.3, 0.4) is 0 Å². The largest absolute Gasteiger partial charge is 0.417 e. The van der Waals surface area contributed by atoms with Crippen LogP contribution < -0.4 is 5.32 Å². The number of halogens is 3. The highest BCUT2D eigenvalue weighted by atomic mass is 19.4. The molecule has 0 atom stereocenters. The summed E-state index contributed by atoms with van der Waals surface area (Å²) in [7, 11) is 0. The molecule has 0 amide bonds. The number of hydrogen-bond donors (Lipinski definition) is 1. The zero-order valence-electron chi connectivity index (χ0n) is 9.93. The Labute approximate surface area is 104 Å². The first kappa shape index (κ1) is 12.0. The second-order valence-electron chi connectivity index (χ2n) is 5.66. The minimum Gasteiger partial charge on any atom is -0.316 e. The zero-order chi connectivity index (χ0) is 12.8. The first-order valence-corrected chi connectivity index (χ1v) is 6.19. The maximum absolute atomic E-state index is 12.5. The Bertz CT molecular complexity index is 444. The Kier molecular flexibility index (Phi) is 2.62. The van der Waals surface area contributed by atoms with Gasteiger partial charge in [0.25, 0.3) is 0 Å². The SMILES string of the molecule is FC(F)(F)c1cncc(CC2CC3(CNC3)C2)c1. The van der Waals surface area contributed by atoms with Crippen molar-refractivity contribution < 1.29 is 13.2 Å². The summed E-state index contributed by atoms with van der Waals surface area (Å²) in [6.45, 7) is 2.15. The molecular weight excluding hydrogens is 241 g/mol. The van der Waals surface area contributed by atoms with E-state index in [-0.39, 0.29) is 0 Å².